The molecule has 0 saturated carbocycles. The third-order valence-corrected chi connectivity index (χ3v) is 5.87. The Morgan fingerprint density at radius 2 is 2.00 bits per heavy atom. The fourth-order valence-electron chi connectivity index (χ4n) is 3.29. The molecular formula is C21H25NO5S. The molecule has 0 bridgehead atoms. The molecule has 1 amide bonds. The summed E-state index contributed by atoms with van der Waals surface area (Å²) in [6.07, 6.45) is 0.490. The van der Waals surface area contributed by atoms with Crippen LogP contribution in [0.3, 0.4) is 0 Å². The third kappa shape index (κ3) is 4.14. The Morgan fingerprint density at radius 3 is 2.71 bits per heavy atom. The van der Waals surface area contributed by atoms with Crippen LogP contribution in [0, 0.1) is 0 Å². The first-order chi connectivity index (χ1) is 13.6. The molecule has 0 aromatic heterocycles. The highest BCUT2D eigenvalue weighted by Gasteiger charge is 2.31. The summed E-state index contributed by atoms with van der Waals surface area (Å²) < 4.78 is 16.4. The van der Waals surface area contributed by atoms with Crippen LogP contribution in [-0.4, -0.2) is 42.5 Å². The maximum Gasteiger partial charge on any atom is 0.224 e. The Morgan fingerprint density at radius 1 is 1.18 bits per heavy atom. The Hall–Kier alpha value is -2.54. The van der Waals surface area contributed by atoms with Crippen molar-refractivity contribution in [1.29, 1.82) is 0 Å². The summed E-state index contributed by atoms with van der Waals surface area (Å²) >= 11 is 1.70. The zero-order valence-corrected chi connectivity index (χ0v) is 17.1. The van der Waals surface area contributed by atoms with Gasteiger partial charge in [-0.1, -0.05) is 18.2 Å². The van der Waals surface area contributed by atoms with E-state index in [1.165, 1.54) is 0 Å². The van der Waals surface area contributed by atoms with Crippen LogP contribution in [0.25, 0.3) is 0 Å². The molecule has 1 heterocycles. The number of hydrogen-bond donors (Lipinski definition) is 1. The predicted octanol–water partition coefficient (Wildman–Crippen LogP) is 3.97. The van der Waals surface area contributed by atoms with Gasteiger partial charge in [0.1, 0.15) is 5.37 Å². The normalized spacial score (nSPS) is 16.8. The number of ether oxygens (including phenoxy) is 3. The first kappa shape index (κ1) is 20.2. The van der Waals surface area contributed by atoms with E-state index in [9.17, 15) is 9.90 Å². The van der Waals surface area contributed by atoms with Gasteiger partial charge in [0.2, 0.25) is 5.91 Å². The summed E-state index contributed by atoms with van der Waals surface area (Å²) in [4.78, 5) is 14.6. The number of thioether (sulfide) groups is 1. The number of carbonyl (C=O) groups excluding carboxylic acids is 1. The van der Waals surface area contributed by atoms with Gasteiger partial charge in [0, 0.05) is 17.7 Å². The monoisotopic (exact) mass is 403 g/mol. The second-order valence-corrected chi connectivity index (χ2v) is 7.50. The molecule has 6 nitrogen and oxygen atoms in total. The quantitative estimate of drug-likeness (QED) is 0.754. The summed E-state index contributed by atoms with van der Waals surface area (Å²) in [6, 6.07) is 10.9. The van der Waals surface area contributed by atoms with Gasteiger partial charge < -0.3 is 24.2 Å². The van der Waals surface area contributed by atoms with Crippen LogP contribution in [0.2, 0.25) is 0 Å². The van der Waals surface area contributed by atoms with Crippen molar-refractivity contribution in [1.82, 2.24) is 4.90 Å². The van der Waals surface area contributed by atoms with Gasteiger partial charge in [0.05, 0.1) is 27.4 Å². The molecule has 1 atom stereocenters. The molecule has 1 aliphatic heterocycles. The molecule has 1 N–H and O–H groups in total. The lowest BCUT2D eigenvalue weighted by atomic mass is 10.1. The standard InChI is InChI=1S/C21H25NO5S/c1-4-27-18-12-14(8-9-16(18)23)21-22(19(24)10-11-28-21)13-15-6-5-7-17(25-2)20(15)26-3/h5-9,12,21,23H,4,10-11,13H2,1-3H3. The molecule has 1 fully saturated rings. The Bertz CT molecular complexity index is 842. The lowest BCUT2D eigenvalue weighted by molar-refractivity contribution is -0.132. The first-order valence-electron chi connectivity index (χ1n) is 9.15. The molecule has 2 aromatic rings. The van der Waals surface area contributed by atoms with Crippen LogP contribution in [0.15, 0.2) is 36.4 Å². The van der Waals surface area contributed by atoms with Crippen LogP contribution >= 0.6 is 11.8 Å². The number of phenolic OH excluding ortho intramolecular Hbond substituents is 1. The van der Waals surface area contributed by atoms with Gasteiger partial charge in [0.15, 0.2) is 23.0 Å². The molecule has 2 aromatic carbocycles. The highest BCUT2D eigenvalue weighted by atomic mass is 32.2. The Balaban J connectivity index is 1.94. The van der Waals surface area contributed by atoms with E-state index in [0.717, 1.165) is 16.9 Å². The van der Waals surface area contributed by atoms with E-state index >= 15 is 0 Å². The molecular weight excluding hydrogens is 378 g/mol. The van der Waals surface area contributed by atoms with Crippen molar-refractivity contribution in [2.75, 3.05) is 26.6 Å². The topological polar surface area (TPSA) is 68.2 Å². The highest BCUT2D eigenvalue weighted by molar-refractivity contribution is 7.99. The minimum absolute atomic E-state index is 0.0830. The molecule has 1 saturated heterocycles. The summed E-state index contributed by atoms with van der Waals surface area (Å²) in [5, 5.41) is 9.83. The zero-order chi connectivity index (χ0) is 20.1. The molecule has 1 unspecified atom stereocenters. The Labute approximate surface area is 169 Å². The van der Waals surface area contributed by atoms with Crippen LogP contribution in [-0.2, 0) is 11.3 Å². The van der Waals surface area contributed by atoms with Crippen molar-refractivity contribution in [3.05, 3.63) is 47.5 Å². The van der Waals surface area contributed by atoms with Gasteiger partial charge in [-0.2, -0.15) is 0 Å². The average Bonchev–Trinajstić information content (AvgIpc) is 2.71. The molecule has 1 aliphatic rings. The smallest absolute Gasteiger partial charge is 0.224 e. The lowest BCUT2D eigenvalue weighted by Crippen LogP contribution is -2.36. The van der Waals surface area contributed by atoms with Gasteiger partial charge >= 0.3 is 0 Å². The third-order valence-electron chi connectivity index (χ3n) is 4.59. The number of rotatable bonds is 7. The zero-order valence-electron chi connectivity index (χ0n) is 16.3. The molecule has 7 heteroatoms. The highest BCUT2D eigenvalue weighted by Crippen LogP contribution is 2.42. The van der Waals surface area contributed by atoms with E-state index in [2.05, 4.69) is 0 Å². The molecule has 150 valence electrons. The molecule has 0 spiro atoms. The van der Waals surface area contributed by atoms with Crippen LogP contribution in [0.4, 0.5) is 0 Å². The van der Waals surface area contributed by atoms with Gasteiger partial charge in [-0.05, 0) is 30.7 Å². The minimum atomic E-state index is -0.169. The van der Waals surface area contributed by atoms with Gasteiger partial charge in [0.25, 0.3) is 0 Å². The average molecular weight is 404 g/mol. The fraction of sp³-hybridized carbons (Fsp3) is 0.381. The summed E-state index contributed by atoms with van der Waals surface area (Å²) in [5.74, 6) is 2.63. The number of nitrogens with zero attached hydrogens (tertiary/aromatic N) is 1. The number of phenols is 1. The van der Waals surface area contributed by atoms with E-state index in [1.54, 1.807) is 32.0 Å². The van der Waals surface area contributed by atoms with Crippen LogP contribution in [0.1, 0.15) is 29.8 Å². The minimum Gasteiger partial charge on any atom is -0.504 e. The van der Waals surface area contributed by atoms with E-state index in [-0.39, 0.29) is 17.0 Å². The number of para-hydroxylation sites is 1. The maximum absolute atomic E-state index is 12.8. The van der Waals surface area contributed by atoms with Gasteiger partial charge in [-0.25, -0.2) is 0 Å². The van der Waals surface area contributed by atoms with Crippen molar-refractivity contribution in [3.8, 4) is 23.0 Å². The number of benzene rings is 2. The SMILES string of the molecule is CCOc1cc(C2SCCC(=O)N2Cc2cccc(OC)c2OC)ccc1O. The molecule has 3 rings (SSSR count). The van der Waals surface area contributed by atoms with E-state index < -0.39 is 0 Å². The van der Waals surface area contributed by atoms with Crippen molar-refractivity contribution in [2.45, 2.75) is 25.3 Å². The van der Waals surface area contributed by atoms with E-state index in [1.807, 2.05) is 42.2 Å². The fourth-order valence-corrected chi connectivity index (χ4v) is 4.51. The number of methoxy groups -OCH3 is 2. The van der Waals surface area contributed by atoms with Crippen molar-refractivity contribution in [2.24, 2.45) is 0 Å². The van der Waals surface area contributed by atoms with E-state index in [4.69, 9.17) is 14.2 Å². The largest absolute Gasteiger partial charge is 0.504 e. The first-order valence-corrected chi connectivity index (χ1v) is 10.2. The summed E-state index contributed by atoms with van der Waals surface area (Å²) in [5.41, 5.74) is 1.80. The number of amides is 1. The molecule has 28 heavy (non-hydrogen) atoms. The van der Waals surface area contributed by atoms with Crippen molar-refractivity contribution in [3.63, 3.8) is 0 Å². The number of carbonyl (C=O) groups is 1. The van der Waals surface area contributed by atoms with Crippen molar-refractivity contribution >= 4 is 17.7 Å². The van der Waals surface area contributed by atoms with Crippen molar-refractivity contribution < 1.29 is 24.1 Å². The molecule has 0 aliphatic carbocycles. The van der Waals surface area contributed by atoms with Gasteiger partial charge in [-0.3, -0.25) is 4.79 Å². The van der Waals surface area contributed by atoms with Crippen LogP contribution < -0.4 is 14.2 Å². The maximum atomic E-state index is 12.8. The lowest BCUT2D eigenvalue weighted by Gasteiger charge is -2.36. The summed E-state index contributed by atoms with van der Waals surface area (Å²) in [7, 11) is 3.19. The second kappa shape index (κ2) is 9.10. The Kier molecular flexibility index (Phi) is 6.57. The van der Waals surface area contributed by atoms with Gasteiger partial charge in [-0.15, -0.1) is 11.8 Å². The van der Waals surface area contributed by atoms with E-state index in [0.29, 0.717) is 36.8 Å². The second-order valence-electron chi connectivity index (χ2n) is 6.31. The number of aromatic hydroxyl groups is 1. The van der Waals surface area contributed by atoms with Crippen LogP contribution in [0.5, 0.6) is 23.0 Å². The number of hydrogen-bond acceptors (Lipinski definition) is 6. The summed E-state index contributed by atoms with van der Waals surface area (Å²) in [6.45, 7) is 2.73. The predicted molar refractivity (Wildman–Crippen MR) is 109 cm³/mol. The molecule has 0 radical (unpaired) electrons.